The molecule has 0 aromatic carbocycles. The lowest BCUT2D eigenvalue weighted by atomic mass is 10.1. The lowest BCUT2D eigenvalue weighted by Gasteiger charge is -2.26. The van der Waals surface area contributed by atoms with Gasteiger partial charge in [-0.25, -0.2) is 4.98 Å². The van der Waals surface area contributed by atoms with Gasteiger partial charge in [0.15, 0.2) is 0 Å². The molecule has 1 aromatic rings. The van der Waals surface area contributed by atoms with E-state index in [0.717, 1.165) is 18.7 Å². The molecule has 1 saturated carbocycles. The third kappa shape index (κ3) is 3.45. The van der Waals surface area contributed by atoms with Crippen molar-refractivity contribution in [3.05, 3.63) is 23.4 Å². The number of amides is 1. The maximum Gasteiger partial charge on any atom is 0.251 e. The largest absolute Gasteiger partial charge is 0.384 e. The van der Waals surface area contributed by atoms with E-state index in [9.17, 15) is 4.79 Å². The molecule has 0 spiro atoms. The standard InChI is InChI=1S/C15H23N3OS/c1-3-12-8-11(9-13(16)18-12)14(19)17-10-15(20-2)6-4-5-7-15/h8-9H,3-7,10H2,1-2H3,(H2,16,18)(H,17,19). The number of pyridine rings is 1. The second kappa shape index (κ2) is 6.48. The number of nitrogens with zero attached hydrogens (tertiary/aromatic N) is 1. The van der Waals surface area contributed by atoms with Crippen molar-refractivity contribution in [3.63, 3.8) is 0 Å². The van der Waals surface area contributed by atoms with Crippen molar-refractivity contribution in [3.8, 4) is 0 Å². The molecule has 0 bridgehead atoms. The minimum Gasteiger partial charge on any atom is -0.384 e. The van der Waals surface area contributed by atoms with Gasteiger partial charge in [-0.15, -0.1) is 0 Å². The quantitative estimate of drug-likeness (QED) is 0.875. The molecule has 1 amide bonds. The molecule has 0 unspecified atom stereocenters. The molecule has 110 valence electrons. The van der Waals surface area contributed by atoms with Gasteiger partial charge in [0.25, 0.3) is 5.91 Å². The van der Waals surface area contributed by atoms with E-state index >= 15 is 0 Å². The lowest BCUT2D eigenvalue weighted by molar-refractivity contribution is 0.0949. The highest BCUT2D eigenvalue weighted by molar-refractivity contribution is 8.00. The normalized spacial score (nSPS) is 17.1. The topological polar surface area (TPSA) is 68.0 Å². The number of hydrogen-bond donors (Lipinski definition) is 2. The van der Waals surface area contributed by atoms with Crippen molar-refractivity contribution in [2.24, 2.45) is 0 Å². The van der Waals surface area contributed by atoms with Crippen molar-refractivity contribution >= 4 is 23.5 Å². The number of aryl methyl sites for hydroxylation is 1. The Morgan fingerprint density at radius 1 is 1.45 bits per heavy atom. The molecule has 4 nitrogen and oxygen atoms in total. The number of rotatable bonds is 5. The SMILES string of the molecule is CCc1cc(C(=O)NCC2(SC)CCCC2)cc(N)n1. The molecule has 0 aliphatic heterocycles. The zero-order valence-corrected chi connectivity index (χ0v) is 13.1. The van der Waals surface area contributed by atoms with Gasteiger partial charge in [0.05, 0.1) is 0 Å². The second-order valence-corrected chi connectivity index (χ2v) is 6.68. The summed E-state index contributed by atoms with van der Waals surface area (Å²) < 4.78 is 0.224. The Balaban J connectivity index is 2.03. The number of carbonyl (C=O) groups is 1. The van der Waals surface area contributed by atoms with Gasteiger partial charge in [0, 0.05) is 22.5 Å². The molecule has 1 aliphatic rings. The van der Waals surface area contributed by atoms with E-state index in [4.69, 9.17) is 5.73 Å². The van der Waals surface area contributed by atoms with E-state index in [0.29, 0.717) is 11.4 Å². The number of aromatic nitrogens is 1. The van der Waals surface area contributed by atoms with Crippen LogP contribution in [0.25, 0.3) is 0 Å². The van der Waals surface area contributed by atoms with Crippen LogP contribution in [0.4, 0.5) is 5.82 Å². The van der Waals surface area contributed by atoms with Crippen LogP contribution >= 0.6 is 11.8 Å². The summed E-state index contributed by atoms with van der Waals surface area (Å²) in [6, 6.07) is 3.47. The Bertz CT molecular complexity index is 484. The van der Waals surface area contributed by atoms with Crippen LogP contribution < -0.4 is 11.1 Å². The summed E-state index contributed by atoms with van der Waals surface area (Å²) in [4.78, 5) is 16.5. The number of nitrogen functional groups attached to an aromatic ring is 1. The first-order chi connectivity index (χ1) is 9.58. The van der Waals surface area contributed by atoms with Gasteiger partial charge < -0.3 is 11.1 Å². The number of hydrogen-bond acceptors (Lipinski definition) is 4. The molecule has 3 N–H and O–H groups in total. The number of nitrogens with one attached hydrogen (secondary N) is 1. The molecule has 0 saturated heterocycles. The maximum absolute atomic E-state index is 12.3. The molecular formula is C15H23N3OS. The minimum atomic E-state index is -0.0471. The Morgan fingerprint density at radius 2 is 2.15 bits per heavy atom. The Kier molecular flexibility index (Phi) is 4.91. The molecule has 5 heteroatoms. The predicted octanol–water partition coefficient (Wildman–Crippen LogP) is 2.63. The Labute approximate surface area is 124 Å². The van der Waals surface area contributed by atoms with Gasteiger partial charge in [-0.05, 0) is 37.7 Å². The van der Waals surface area contributed by atoms with E-state index in [2.05, 4.69) is 16.6 Å². The molecule has 1 fully saturated rings. The zero-order chi connectivity index (χ0) is 14.6. The van der Waals surface area contributed by atoms with Crippen LogP contribution in [-0.2, 0) is 6.42 Å². The van der Waals surface area contributed by atoms with Gasteiger partial charge in [0.1, 0.15) is 5.82 Å². The van der Waals surface area contributed by atoms with Crippen LogP contribution in [-0.4, -0.2) is 28.4 Å². The van der Waals surface area contributed by atoms with E-state index in [1.807, 2.05) is 24.8 Å². The van der Waals surface area contributed by atoms with Crippen LogP contribution in [0.1, 0.15) is 48.7 Å². The van der Waals surface area contributed by atoms with Crippen LogP contribution in [0.5, 0.6) is 0 Å². The van der Waals surface area contributed by atoms with E-state index in [1.165, 1.54) is 25.7 Å². The van der Waals surface area contributed by atoms with E-state index < -0.39 is 0 Å². The minimum absolute atomic E-state index is 0.0471. The first-order valence-electron chi connectivity index (χ1n) is 7.18. The molecule has 20 heavy (non-hydrogen) atoms. The van der Waals surface area contributed by atoms with Crippen LogP contribution in [0.2, 0.25) is 0 Å². The lowest BCUT2D eigenvalue weighted by Crippen LogP contribution is -2.38. The maximum atomic E-state index is 12.3. The van der Waals surface area contributed by atoms with Crippen molar-refractivity contribution in [1.29, 1.82) is 0 Å². The molecule has 1 aromatic heterocycles. The Hall–Kier alpha value is -1.23. The summed E-state index contributed by atoms with van der Waals surface area (Å²) in [7, 11) is 0. The fraction of sp³-hybridized carbons (Fsp3) is 0.600. The van der Waals surface area contributed by atoms with Crippen LogP contribution in [0.3, 0.4) is 0 Å². The second-order valence-electron chi connectivity index (χ2n) is 5.40. The van der Waals surface area contributed by atoms with Gasteiger partial charge in [0.2, 0.25) is 0 Å². The smallest absolute Gasteiger partial charge is 0.251 e. The number of thioether (sulfide) groups is 1. The van der Waals surface area contributed by atoms with E-state index in [1.54, 1.807) is 6.07 Å². The monoisotopic (exact) mass is 293 g/mol. The average molecular weight is 293 g/mol. The molecule has 1 aliphatic carbocycles. The fourth-order valence-electron chi connectivity index (χ4n) is 2.74. The number of nitrogens with two attached hydrogens (primary N) is 1. The van der Waals surface area contributed by atoms with Crippen LogP contribution in [0, 0.1) is 0 Å². The summed E-state index contributed by atoms with van der Waals surface area (Å²) in [6.07, 6.45) is 7.81. The van der Waals surface area contributed by atoms with Gasteiger partial charge in [-0.3, -0.25) is 4.79 Å². The summed E-state index contributed by atoms with van der Waals surface area (Å²) in [6.45, 7) is 2.74. The van der Waals surface area contributed by atoms with Crippen molar-refractivity contribution in [1.82, 2.24) is 10.3 Å². The highest BCUT2D eigenvalue weighted by Crippen LogP contribution is 2.39. The zero-order valence-electron chi connectivity index (χ0n) is 12.2. The third-order valence-corrected chi connectivity index (χ3v) is 5.46. The first-order valence-corrected chi connectivity index (χ1v) is 8.41. The van der Waals surface area contributed by atoms with Crippen molar-refractivity contribution < 1.29 is 4.79 Å². The summed E-state index contributed by atoms with van der Waals surface area (Å²) >= 11 is 1.88. The molecular weight excluding hydrogens is 270 g/mol. The molecule has 0 atom stereocenters. The summed E-state index contributed by atoms with van der Waals surface area (Å²) in [5, 5.41) is 3.07. The molecule has 0 radical (unpaired) electrons. The number of carbonyl (C=O) groups excluding carboxylic acids is 1. The average Bonchev–Trinajstić information content (AvgIpc) is 2.93. The van der Waals surface area contributed by atoms with Crippen molar-refractivity contribution in [2.75, 3.05) is 18.5 Å². The van der Waals surface area contributed by atoms with Gasteiger partial charge >= 0.3 is 0 Å². The summed E-state index contributed by atoms with van der Waals surface area (Å²) in [5.74, 6) is 0.365. The highest BCUT2D eigenvalue weighted by Gasteiger charge is 2.33. The first kappa shape index (κ1) is 15.2. The predicted molar refractivity (Wildman–Crippen MR) is 85.1 cm³/mol. The third-order valence-electron chi connectivity index (χ3n) is 4.04. The van der Waals surface area contributed by atoms with E-state index in [-0.39, 0.29) is 10.7 Å². The van der Waals surface area contributed by atoms with Crippen LogP contribution in [0.15, 0.2) is 12.1 Å². The van der Waals surface area contributed by atoms with Gasteiger partial charge in [-0.1, -0.05) is 19.8 Å². The highest BCUT2D eigenvalue weighted by atomic mass is 32.2. The molecule has 1 heterocycles. The Morgan fingerprint density at radius 3 is 2.75 bits per heavy atom. The van der Waals surface area contributed by atoms with Gasteiger partial charge in [-0.2, -0.15) is 11.8 Å². The molecule has 2 rings (SSSR count). The summed E-state index contributed by atoms with van der Waals surface area (Å²) in [5.41, 5.74) is 7.22. The fourth-order valence-corrected chi connectivity index (χ4v) is 3.65. The van der Waals surface area contributed by atoms with Crippen molar-refractivity contribution in [2.45, 2.75) is 43.8 Å². The number of anilines is 1.